The molecule has 0 heterocycles. The Morgan fingerprint density at radius 2 is 1.45 bits per heavy atom. The van der Waals surface area contributed by atoms with Crippen molar-refractivity contribution in [2.24, 2.45) is 11.3 Å². The summed E-state index contributed by atoms with van der Waals surface area (Å²) in [6.07, 6.45) is 17.6. The zero-order valence-electron chi connectivity index (χ0n) is 14.7. The summed E-state index contributed by atoms with van der Waals surface area (Å²) in [5.41, 5.74) is 0.639. The minimum atomic E-state index is -4.67. The van der Waals surface area contributed by atoms with Crippen LogP contribution in [0.25, 0.3) is 0 Å². The third-order valence-electron chi connectivity index (χ3n) is 4.89. The number of hydrogen-bond acceptors (Lipinski definition) is 2. The lowest BCUT2D eigenvalue weighted by atomic mass is 9.67. The molecule has 4 nitrogen and oxygen atoms in total. The van der Waals surface area contributed by atoms with Gasteiger partial charge in [0.25, 0.3) is 0 Å². The molecule has 1 unspecified atom stereocenters. The molecule has 1 rings (SSSR count). The summed E-state index contributed by atoms with van der Waals surface area (Å²) in [5.74, 6) is 1.02. The second kappa shape index (κ2) is 11.4. The lowest BCUT2D eigenvalue weighted by Crippen LogP contribution is -2.27. The van der Waals surface area contributed by atoms with Crippen LogP contribution in [-0.2, 0) is 10.4 Å². The zero-order valence-corrected chi connectivity index (χ0v) is 15.5. The number of hydrogen-bond donors (Lipinski definition) is 2. The Balaban J connectivity index is 0.000000763. The molecule has 0 bridgehead atoms. The molecule has 0 amide bonds. The molecule has 134 valence electrons. The van der Waals surface area contributed by atoms with E-state index in [1.165, 1.54) is 77.0 Å². The van der Waals surface area contributed by atoms with E-state index in [4.69, 9.17) is 17.5 Å². The van der Waals surface area contributed by atoms with Gasteiger partial charge < -0.3 is 0 Å². The van der Waals surface area contributed by atoms with Gasteiger partial charge in [-0.1, -0.05) is 78.6 Å². The summed E-state index contributed by atoms with van der Waals surface area (Å²) in [7, 11) is -4.67. The van der Waals surface area contributed by atoms with Crippen LogP contribution in [0.5, 0.6) is 0 Å². The van der Waals surface area contributed by atoms with E-state index >= 15 is 0 Å². The van der Waals surface area contributed by atoms with Crippen molar-refractivity contribution in [3.05, 3.63) is 0 Å². The average molecular weight is 337 g/mol. The minimum absolute atomic E-state index is 0.639. The lowest BCUT2D eigenvalue weighted by molar-refractivity contribution is 0.126. The summed E-state index contributed by atoms with van der Waals surface area (Å²) >= 11 is 0. The average Bonchev–Trinajstić information content (AvgIpc) is 2.37. The van der Waals surface area contributed by atoms with Crippen LogP contribution < -0.4 is 0 Å². The van der Waals surface area contributed by atoms with Crippen molar-refractivity contribution in [3.8, 4) is 0 Å². The van der Waals surface area contributed by atoms with Crippen LogP contribution in [0.1, 0.15) is 97.8 Å². The molecule has 1 aliphatic carbocycles. The first kappa shape index (κ1) is 21.9. The van der Waals surface area contributed by atoms with Crippen LogP contribution >= 0.6 is 0 Å². The summed E-state index contributed by atoms with van der Waals surface area (Å²) in [4.78, 5) is 0. The van der Waals surface area contributed by atoms with Crippen molar-refractivity contribution in [1.82, 2.24) is 0 Å². The van der Waals surface area contributed by atoms with Crippen LogP contribution in [0.3, 0.4) is 0 Å². The topological polar surface area (TPSA) is 74.6 Å². The molecule has 22 heavy (non-hydrogen) atoms. The van der Waals surface area contributed by atoms with Crippen LogP contribution in [0, 0.1) is 11.3 Å². The smallest absolute Gasteiger partial charge is 0.264 e. The molecule has 0 aromatic rings. The fraction of sp³-hybridized carbons (Fsp3) is 1.00. The summed E-state index contributed by atoms with van der Waals surface area (Å²) in [6, 6.07) is 0. The molecule has 2 N–H and O–H groups in total. The van der Waals surface area contributed by atoms with Gasteiger partial charge in [-0.2, -0.15) is 8.42 Å². The second-order valence-corrected chi connectivity index (χ2v) is 8.18. The Labute approximate surface area is 137 Å². The molecule has 0 radical (unpaired) electrons. The van der Waals surface area contributed by atoms with Crippen LogP contribution in [0.15, 0.2) is 0 Å². The van der Waals surface area contributed by atoms with Gasteiger partial charge >= 0.3 is 10.4 Å². The third-order valence-corrected chi connectivity index (χ3v) is 4.89. The predicted molar refractivity (Wildman–Crippen MR) is 92.5 cm³/mol. The maximum Gasteiger partial charge on any atom is 0.394 e. The largest absolute Gasteiger partial charge is 0.394 e. The van der Waals surface area contributed by atoms with Gasteiger partial charge in [-0.15, -0.1) is 0 Å². The van der Waals surface area contributed by atoms with E-state index in [2.05, 4.69) is 20.8 Å². The highest BCUT2D eigenvalue weighted by molar-refractivity contribution is 7.79. The highest BCUT2D eigenvalue weighted by Gasteiger charge is 2.31. The first-order valence-corrected chi connectivity index (χ1v) is 10.3. The molecule has 1 aliphatic rings. The highest BCUT2D eigenvalue weighted by atomic mass is 32.3. The second-order valence-electron chi connectivity index (χ2n) is 7.29. The molecule has 0 aliphatic heterocycles. The molecule has 0 aromatic heterocycles. The van der Waals surface area contributed by atoms with E-state index in [9.17, 15) is 0 Å². The molecule has 1 atom stereocenters. The fourth-order valence-corrected chi connectivity index (χ4v) is 3.45. The Bertz CT molecular complexity index is 355. The summed E-state index contributed by atoms with van der Waals surface area (Å²) < 4.78 is 31.6. The van der Waals surface area contributed by atoms with Crippen molar-refractivity contribution in [1.29, 1.82) is 0 Å². The van der Waals surface area contributed by atoms with Gasteiger partial charge in [-0.25, -0.2) is 0 Å². The minimum Gasteiger partial charge on any atom is -0.264 e. The van der Waals surface area contributed by atoms with E-state index < -0.39 is 10.4 Å². The molecular formula is C17H36O4S. The molecule has 0 spiro atoms. The van der Waals surface area contributed by atoms with Gasteiger partial charge in [-0.05, 0) is 30.6 Å². The molecule has 0 aromatic carbocycles. The third kappa shape index (κ3) is 13.5. The Hall–Kier alpha value is -0.130. The van der Waals surface area contributed by atoms with Crippen LogP contribution in [0.4, 0.5) is 0 Å². The summed E-state index contributed by atoms with van der Waals surface area (Å²) in [6.45, 7) is 7.29. The standard InChI is InChI=1S/C17H34.H2O4S/c1-4-5-6-7-8-9-10-13-16-14-11-12-15-17(16,2)3;1-5(2,3)4/h16H,4-15H2,1-3H3;(H2,1,2,3,4). The van der Waals surface area contributed by atoms with E-state index in [-0.39, 0.29) is 0 Å². The van der Waals surface area contributed by atoms with Gasteiger partial charge in [0.15, 0.2) is 0 Å². The molecular weight excluding hydrogens is 300 g/mol. The highest BCUT2D eigenvalue weighted by Crippen LogP contribution is 2.43. The van der Waals surface area contributed by atoms with Crippen molar-refractivity contribution in [2.75, 3.05) is 0 Å². The molecule has 1 fully saturated rings. The van der Waals surface area contributed by atoms with E-state index in [1.807, 2.05) is 0 Å². The van der Waals surface area contributed by atoms with E-state index in [1.54, 1.807) is 0 Å². The monoisotopic (exact) mass is 336 g/mol. The quantitative estimate of drug-likeness (QED) is 0.441. The van der Waals surface area contributed by atoms with Gasteiger partial charge in [0.05, 0.1) is 0 Å². The lowest BCUT2D eigenvalue weighted by Gasteiger charge is -2.38. The number of rotatable bonds is 8. The van der Waals surface area contributed by atoms with Gasteiger partial charge in [-0.3, -0.25) is 9.11 Å². The van der Waals surface area contributed by atoms with Crippen LogP contribution in [0.2, 0.25) is 0 Å². The molecule has 5 heteroatoms. The van der Waals surface area contributed by atoms with E-state index in [0.29, 0.717) is 5.41 Å². The Morgan fingerprint density at radius 1 is 0.955 bits per heavy atom. The Kier molecular flexibility index (Phi) is 11.3. The first-order chi connectivity index (χ1) is 10.2. The van der Waals surface area contributed by atoms with Crippen molar-refractivity contribution in [2.45, 2.75) is 97.8 Å². The van der Waals surface area contributed by atoms with Crippen LogP contribution in [-0.4, -0.2) is 17.5 Å². The normalized spacial score (nSPS) is 21.0. The molecule has 1 saturated carbocycles. The molecule has 0 saturated heterocycles. The Morgan fingerprint density at radius 3 is 1.95 bits per heavy atom. The van der Waals surface area contributed by atoms with Crippen molar-refractivity contribution < 1.29 is 17.5 Å². The van der Waals surface area contributed by atoms with Crippen molar-refractivity contribution >= 4 is 10.4 Å². The number of unbranched alkanes of at least 4 members (excludes halogenated alkanes) is 6. The zero-order chi connectivity index (χ0) is 17.1. The predicted octanol–water partition coefficient (Wildman–Crippen LogP) is 5.69. The SMILES string of the molecule is CCCCCCCCCC1CCCCC1(C)C.O=S(=O)(O)O. The van der Waals surface area contributed by atoms with Gasteiger partial charge in [0.1, 0.15) is 0 Å². The summed E-state index contributed by atoms with van der Waals surface area (Å²) in [5, 5.41) is 0. The van der Waals surface area contributed by atoms with Gasteiger partial charge in [0.2, 0.25) is 0 Å². The maximum atomic E-state index is 8.74. The first-order valence-electron chi connectivity index (χ1n) is 8.86. The van der Waals surface area contributed by atoms with Gasteiger partial charge in [0, 0.05) is 0 Å². The van der Waals surface area contributed by atoms with E-state index in [0.717, 1.165) is 5.92 Å². The fourth-order valence-electron chi connectivity index (χ4n) is 3.45. The van der Waals surface area contributed by atoms with Crippen molar-refractivity contribution in [3.63, 3.8) is 0 Å². The maximum absolute atomic E-state index is 8.74.